The fourth-order valence-electron chi connectivity index (χ4n) is 1.52. The molecule has 0 bridgehead atoms. The van der Waals surface area contributed by atoms with Crippen molar-refractivity contribution in [1.29, 1.82) is 0 Å². The Bertz CT molecular complexity index is 248. The van der Waals surface area contributed by atoms with Gasteiger partial charge < -0.3 is 14.7 Å². The zero-order valence-corrected chi connectivity index (χ0v) is 9.10. The molecule has 5 nitrogen and oxygen atoms in total. The van der Waals surface area contributed by atoms with Crippen molar-refractivity contribution in [1.82, 2.24) is 4.90 Å². The molecule has 1 saturated heterocycles. The van der Waals surface area contributed by atoms with Gasteiger partial charge in [0.1, 0.15) is 12.1 Å². The van der Waals surface area contributed by atoms with E-state index in [1.54, 1.807) is 0 Å². The first-order valence-electron chi connectivity index (χ1n) is 5.15. The van der Waals surface area contributed by atoms with E-state index in [-0.39, 0.29) is 5.91 Å². The van der Waals surface area contributed by atoms with Crippen molar-refractivity contribution in [3.8, 4) is 0 Å². The Hall–Kier alpha value is -1.10. The molecule has 2 unspecified atom stereocenters. The lowest BCUT2D eigenvalue weighted by molar-refractivity contribution is -0.155. The molecule has 0 aromatic rings. The van der Waals surface area contributed by atoms with Gasteiger partial charge in [-0.2, -0.15) is 0 Å². The number of carboxylic acids is 1. The Balaban J connectivity index is 2.54. The zero-order chi connectivity index (χ0) is 11.4. The Morgan fingerprint density at radius 3 is 2.60 bits per heavy atom. The van der Waals surface area contributed by atoms with Crippen LogP contribution in [0.4, 0.5) is 0 Å². The highest BCUT2D eigenvalue weighted by Crippen LogP contribution is 2.15. The number of rotatable bonds is 3. The van der Waals surface area contributed by atoms with Crippen LogP contribution in [0.1, 0.15) is 26.2 Å². The van der Waals surface area contributed by atoms with Crippen LogP contribution in [-0.2, 0) is 14.3 Å². The average Bonchev–Trinajstić information content (AvgIpc) is 2.27. The number of amides is 1. The summed E-state index contributed by atoms with van der Waals surface area (Å²) in [6.45, 7) is 2.08. The minimum Gasteiger partial charge on any atom is -0.480 e. The molecule has 1 N–H and O–H groups in total. The van der Waals surface area contributed by atoms with Crippen molar-refractivity contribution in [3.63, 3.8) is 0 Å². The molecule has 0 aromatic heterocycles. The standard InChI is InChI=1S/C10H17NO4/c1-7(10(13)14)11(2)9(12)8-5-3-4-6-15-8/h7-8H,3-6H2,1-2H3,(H,13,14). The third-order valence-electron chi connectivity index (χ3n) is 2.74. The van der Waals surface area contributed by atoms with Gasteiger partial charge >= 0.3 is 5.97 Å². The van der Waals surface area contributed by atoms with Crippen molar-refractivity contribution in [2.45, 2.75) is 38.3 Å². The number of likely N-dealkylation sites (N-methyl/N-ethyl adjacent to an activating group) is 1. The summed E-state index contributed by atoms with van der Waals surface area (Å²) in [5.41, 5.74) is 0. The molecule has 5 heteroatoms. The van der Waals surface area contributed by atoms with Crippen LogP contribution < -0.4 is 0 Å². The third-order valence-corrected chi connectivity index (χ3v) is 2.74. The summed E-state index contributed by atoms with van der Waals surface area (Å²) in [5, 5.41) is 8.76. The molecule has 1 amide bonds. The van der Waals surface area contributed by atoms with Gasteiger partial charge in [-0.1, -0.05) is 0 Å². The molecule has 1 fully saturated rings. The molecular formula is C10H17NO4. The quantitative estimate of drug-likeness (QED) is 0.744. The Labute approximate surface area is 89.0 Å². The summed E-state index contributed by atoms with van der Waals surface area (Å²) in [6.07, 6.45) is 2.17. The highest BCUT2D eigenvalue weighted by molar-refractivity contribution is 5.86. The molecule has 0 aliphatic carbocycles. The second kappa shape index (κ2) is 5.11. The van der Waals surface area contributed by atoms with Crippen LogP contribution in [0.5, 0.6) is 0 Å². The van der Waals surface area contributed by atoms with Crippen LogP contribution in [0.3, 0.4) is 0 Å². The molecule has 0 spiro atoms. The minimum absolute atomic E-state index is 0.232. The fraction of sp³-hybridized carbons (Fsp3) is 0.800. The van der Waals surface area contributed by atoms with Crippen molar-refractivity contribution in [3.05, 3.63) is 0 Å². The maximum atomic E-state index is 11.8. The number of carbonyl (C=O) groups is 2. The fourth-order valence-corrected chi connectivity index (χ4v) is 1.52. The second-order valence-electron chi connectivity index (χ2n) is 3.82. The van der Waals surface area contributed by atoms with Gasteiger partial charge in [-0.05, 0) is 26.2 Å². The van der Waals surface area contributed by atoms with Gasteiger partial charge in [0, 0.05) is 13.7 Å². The second-order valence-corrected chi connectivity index (χ2v) is 3.82. The molecule has 1 aliphatic heterocycles. The number of carboxylic acid groups (broad SMARTS) is 1. The summed E-state index contributed by atoms with van der Waals surface area (Å²) in [4.78, 5) is 23.7. The van der Waals surface area contributed by atoms with E-state index in [1.165, 1.54) is 18.9 Å². The largest absolute Gasteiger partial charge is 0.480 e. The first-order chi connectivity index (χ1) is 7.04. The van der Waals surface area contributed by atoms with Crippen molar-refractivity contribution < 1.29 is 19.4 Å². The number of hydrogen-bond acceptors (Lipinski definition) is 3. The molecule has 2 atom stereocenters. The summed E-state index contributed by atoms with van der Waals surface area (Å²) < 4.78 is 5.31. The number of carbonyl (C=O) groups excluding carboxylic acids is 1. The van der Waals surface area contributed by atoms with Crippen LogP contribution in [0, 0.1) is 0 Å². The predicted octanol–water partition coefficient (Wildman–Crippen LogP) is 0.487. The Kier molecular flexibility index (Phi) is 4.08. The lowest BCUT2D eigenvalue weighted by Crippen LogP contribution is -2.46. The van der Waals surface area contributed by atoms with Gasteiger partial charge in [-0.3, -0.25) is 4.79 Å². The summed E-state index contributed by atoms with van der Waals surface area (Å²) >= 11 is 0. The topological polar surface area (TPSA) is 66.8 Å². The van der Waals surface area contributed by atoms with Crippen molar-refractivity contribution in [2.75, 3.05) is 13.7 Å². The Morgan fingerprint density at radius 1 is 1.47 bits per heavy atom. The molecule has 1 rings (SSSR count). The smallest absolute Gasteiger partial charge is 0.326 e. The van der Waals surface area contributed by atoms with Gasteiger partial charge in [-0.15, -0.1) is 0 Å². The number of hydrogen-bond donors (Lipinski definition) is 1. The highest BCUT2D eigenvalue weighted by Gasteiger charge is 2.29. The van der Waals surface area contributed by atoms with Crippen molar-refractivity contribution in [2.24, 2.45) is 0 Å². The summed E-state index contributed by atoms with van der Waals surface area (Å²) in [7, 11) is 1.50. The maximum absolute atomic E-state index is 11.8. The summed E-state index contributed by atoms with van der Waals surface area (Å²) in [5.74, 6) is -1.23. The molecule has 1 heterocycles. The van der Waals surface area contributed by atoms with Gasteiger partial charge in [-0.25, -0.2) is 4.79 Å². The SMILES string of the molecule is CC(C(=O)O)N(C)C(=O)C1CCCCO1. The monoisotopic (exact) mass is 215 g/mol. The van der Waals surface area contributed by atoms with Crippen LogP contribution >= 0.6 is 0 Å². The van der Waals surface area contributed by atoms with E-state index >= 15 is 0 Å². The normalized spacial score (nSPS) is 23.2. The number of nitrogens with zero attached hydrogens (tertiary/aromatic N) is 1. The van der Waals surface area contributed by atoms with Crippen LogP contribution in [0.25, 0.3) is 0 Å². The summed E-state index contributed by atoms with van der Waals surface area (Å²) in [6, 6.07) is -0.803. The lowest BCUT2D eigenvalue weighted by Gasteiger charge is -2.28. The zero-order valence-electron chi connectivity index (χ0n) is 9.10. The molecular weight excluding hydrogens is 198 g/mol. The van der Waals surface area contributed by atoms with E-state index in [2.05, 4.69) is 0 Å². The third kappa shape index (κ3) is 2.92. The molecule has 0 radical (unpaired) electrons. The van der Waals surface area contributed by atoms with Gasteiger partial charge in [0.25, 0.3) is 5.91 Å². The Morgan fingerprint density at radius 2 is 2.13 bits per heavy atom. The van der Waals surface area contributed by atoms with Gasteiger partial charge in [0.05, 0.1) is 0 Å². The molecule has 86 valence electrons. The predicted molar refractivity (Wildman–Crippen MR) is 53.5 cm³/mol. The highest BCUT2D eigenvalue weighted by atomic mass is 16.5. The average molecular weight is 215 g/mol. The van der Waals surface area contributed by atoms with Crippen LogP contribution in [-0.4, -0.2) is 47.7 Å². The van der Waals surface area contributed by atoms with E-state index in [0.29, 0.717) is 13.0 Å². The first-order valence-corrected chi connectivity index (χ1v) is 5.15. The molecule has 15 heavy (non-hydrogen) atoms. The van der Waals surface area contributed by atoms with E-state index < -0.39 is 18.1 Å². The van der Waals surface area contributed by atoms with E-state index in [9.17, 15) is 9.59 Å². The van der Waals surface area contributed by atoms with Crippen molar-refractivity contribution >= 4 is 11.9 Å². The molecule has 1 aliphatic rings. The minimum atomic E-state index is -0.998. The first kappa shape index (κ1) is 12.0. The van der Waals surface area contributed by atoms with Gasteiger partial charge in [0.15, 0.2) is 0 Å². The number of aliphatic carboxylic acids is 1. The van der Waals surface area contributed by atoms with E-state index in [0.717, 1.165) is 12.8 Å². The molecule has 0 aromatic carbocycles. The molecule has 0 saturated carbocycles. The lowest BCUT2D eigenvalue weighted by atomic mass is 10.1. The van der Waals surface area contributed by atoms with E-state index in [4.69, 9.17) is 9.84 Å². The van der Waals surface area contributed by atoms with Crippen LogP contribution in [0.2, 0.25) is 0 Å². The van der Waals surface area contributed by atoms with Crippen LogP contribution in [0.15, 0.2) is 0 Å². The maximum Gasteiger partial charge on any atom is 0.326 e. The number of ether oxygens (including phenoxy) is 1. The van der Waals surface area contributed by atoms with Gasteiger partial charge in [0.2, 0.25) is 0 Å². The van der Waals surface area contributed by atoms with E-state index in [1.807, 2.05) is 0 Å².